The molecule has 0 saturated carbocycles. The largest absolute Gasteiger partial charge is 0.353 e. The minimum atomic E-state index is -0.254. The van der Waals surface area contributed by atoms with Crippen LogP contribution in [0.2, 0.25) is 0 Å². The number of hydrogen-bond donors (Lipinski definition) is 4. The number of amides is 5. The van der Waals surface area contributed by atoms with Gasteiger partial charge in [0.05, 0.1) is 5.92 Å². The van der Waals surface area contributed by atoms with E-state index in [9.17, 15) is 14.4 Å². The number of hydrogen-bond acceptors (Lipinski definition) is 3. The summed E-state index contributed by atoms with van der Waals surface area (Å²) in [7, 11) is 0. The van der Waals surface area contributed by atoms with Crippen LogP contribution >= 0.6 is 0 Å². The third-order valence-electron chi connectivity index (χ3n) is 5.15. The van der Waals surface area contributed by atoms with Gasteiger partial charge in [-0.2, -0.15) is 0 Å². The van der Waals surface area contributed by atoms with Crippen molar-refractivity contribution in [2.24, 2.45) is 11.8 Å². The fourth-order valence-electron chi connectivity index (χ4n) is 3.15. The molecule has 8 nitrogen and oxygen atoms in total. The molecule has 0 spiro atoms. The molecule has 2 atom stereocenters. The number of piperidine rings is 1. The van der Waals surface area contributed by atoms with Crippen molar-refractivity contribution in [1.29, 1.82) is 0 Å². The summed E-state index contributed by atoms with van der Waals surface area (Å²) in [6, 6.07) is 6.63. The van der Waals surface area contributed by atoms with Crippen molar-refractivity contribution < 1.29 is 14.4 Å². The maximum atomic E-state index is 12.6. The molecule has 166 valence electrons. The molecule has 0 unspecified atom stereocenters. The Morgan fingerprint density at radius 1 is 1.07 bits per heavy atom. The summed E-state index contributed by atoms with van der Waals surface area (Å²) in [6.07, 6.45) is 2.48. The summed E-state index contributed by atoms with van der Waals surface area (Å²) in [5.74, 6) is 0.228. The van der Waals surface area contributed by atoms with Crippen LogP contribution < -0.4 is 21.3 Å². The number of nitrogens with zero attached hydrogens (tertiary/aromatic N) is 1. The maximum absolute atomic E-state index is 12.6. The molecule has 0 radical (unpaired) electrons. The molecule has 0 aromatic heterocycles. The van der Waals surface area contributed by atoms with Gasteiger partial charge in [0.25, 0.3) is 0 Å². The van der Waals surface area contributed by atoms with E-state index in [0.717, 1.165) is 19.3 Å². The van der Waals surface area contributed by atoms with Crippen LogP contribution in [0.5, 0.6) is 0 Å². The molecule has 30 heavy (non-hydrogen) atoms. The van der Waals surface area contributed by atoms with E-state index in [2.05, 4.69) is 21.3 Å². The first-order valence-electron chi connectivity index (χ1n) is 10.8. The third kappa shape index (κ3) is 7.57. The Balaban J connectivity index is 1.85. The Bertz CT molecular complexity index is 720. The van der Waals surface area contributed by atoms with Gasteiger partial charge in [-0.1, -0.05) is 20.8 Å². The molecular weight excluding hydrogens is 382 g/mol. The highest BCUT2D eigenvalue weighted by atomic mass is 16.2. The van der Waals surface area contributed by atoms with Crippen LogP contribution in [0.15, 0.2) is 24.3 Å². The lowest BCUT2D eigenvalue weighted by Gasteiger charge is -2.32. The molecular formula is C22H35N5O3. The smallest absolute Gasteiger partial charge is 0.321 e. The highest BCUT2D eigenvalue weighted by Crippen LogP contribution is 2.19. The van der Waals surface area contributed by atoms with E-state index < -0.39 is 0 Å². The number of carbonyl (C=O) groups excluding carboxylic acids is 3. The minimum Gasteiger partial charge on any atom is -0.353 e. The molecule has 1 saturated heterocycles. The second-order valence-corrected chi connectivity index (χ2v) is 8.34. The van der Waals surface area contributed by atoms with Crippen molar-refractivity contribution in [2.45, 2.75) is 53.0 Å². The van der Waals surface area contributed by atoms with Crippen LogP contribution in [0.1, 0.15) is 47.0 Å². The van der Waals surface area contributed by atoms with E-state index in [1.54, 1.807) is 29.2 Å². The molecule has 4 N–H and O–H groups in total. The van der Waals surface area contributed by atoms with Crippen LogP contribution in [0.25, 0.3) is 0 Å². The molecule has 1 fully saturated rings. The van der Waals surface area contributed by atoms with Crippen molar-refractivity contribution in [3.63, 3.8) is 0 Å². The van der Waals surface area contributed by atoms with Crippen LogP contribution in [0, 0.1) is 11.8 Å². The molecule has 8 heteroatoms. The average Bonchev–Trinajstić information content (AvgIpc) is 2.73. The number of nitrogens with one attached hydrogen (secondary N) is 4. The van der Waals surface area contributed by atoms with Crippen molar-refractivity contribution in [2.75, 3.05) is 30.3 Å². The van der Waals surface area contributed by atoms with Gasteiger partial charge >= 0.3 is 12.1 Å². The summed E-state index contributed by atoms with van der Waals surface area (Å²) in [5.41, 5.74) is 1.29. The quantitative estimate of drug-likeness (QED) is 0.545. The second-order valence-electron chi connectivity index (χ2n) is 8.34. The van der Waals surface area contributed by atoms with E-state index in [1.807, 2.05) is 27.7 Å². The number of carbonyl (C=O) groups is 3. The van der Waals surface area contributed by atoms with Gasteiger partial charge < -0.3 is 26.2 Å². The summed E-state index contributed by atoms with van der Waals surface area (Å²) >= 11 is 0. The molecule has 0 bridgehead atoms. The Kier molecular flexibility index (Phi) is 8.95. The van der Waals surface area contributed by atoms with Crippen LogP contribution in [0.3, 0.4) is 0 Å². The van der Waals surface area contributed by atoms with E-state index in [4.69, 9.17) is 0 Å². The topological polar surface area (TPSA) is 103 Å². The lowest BCUT2D eigenvalue weighted by Crippen LogP contribution is -2.48. The zero-order chi connectivity index (χ0) is 22.1. The number of likely N-dealkylation sites (tertiary alicyclic amines) is 1. The van der Waals surface area contributed by atoms with Gasteiger partial charge in [0.15, 0.2) is 0 Å². The molecule has 1 aliphatic heterocycles. The first-order valence-corrected chi connectivity index (χ1v) is 10.8. The number of benzene rings is 1. The first-order chi connectivity index (χ1) is 14.3. The lowest BCUT2D eigenvalue weighted by molar-refractivity contribution is -0.126. The molecule has 1 aromatic rings. The lowest BCUT2D eigenvalue weighted by atomic mass is 9.97. The summed E-state index contributed by atoms with van der Waals surface area (Å²) in [5, 5.41) is 11.4. The summed E-state index contributed by atoms with van der Waals surface area (Å²) < 4.78 is 0. The molecule has 1 heterocycles. The monoisotopic (exact) mass is 417 g/mol. The van der Waals surface area contributed by atoms with Crippen LogP contribution in [0.4, 0.5) is 21.0 Å². The Labute approximate surface area is 179 Å². The fourth-order valence-corrected chi connectivity index (χ4v) is 3.15. The second kappa shape index (κ2) is 11.4. The van der Waals surface area contributed by atoms with Gasteiger partial charge in [0, 0.05) is 37.1 Å². The maximum Gasteiger partial charge on any atom is 0.321 e. The predicted octanol–water partition coefficient (Wildman–Crippen LogP) is 3.62. The van der Waals surface area contributed by atoms with Crippen molar-refractivity contribution in [3.05, 3.63) is 24.3 Å². The highest BCUT2D eigenvalue weighted by molar-refractivity contribution is 5.92. The number of rotatable bonds is 7. The molecule has 5 amide bonds. The van der Waals surface area contributed by atoms with Gasteiger partial charge in [-0.15, -0.1) is 0 Å². The van der Waals surface area contributed by atoms with Crippen LogP contribution in [-0.4, -0.2) is 48.5 Å². The van der Waals surface area contributed by atoms with Crippen molar-refractivity contribution in [1.82, 2.24) is 15.5 Å². The van der Waals surface area contributed by atoms with Gasteiger partial charge in [0.2, 0.25) is 5.91 Å². The summed E-state index contributed by atoms with van der Waals surface area (Å²) in [6.45, 7) is 9.73. The number of anilines is 2. The zero-order valence-electron chi connectivity index (χ0n) is 18.5. The molecule has 0 aliphatic carbocycles. The van der Waals surface area contributed by atoms with E-state index in [-0.39, 0.29) is 29.9 Å². The number of urea groups is 2. The van der Waals surface area contributed by atoms with Gasteiger partial charge in [-0.25, -0.2) is 9.59 Å². The SMILES string of the molecule is CC[C@@H](C)NC(=O)[C@H]1CCCN(C(=O)Nc2ccc(NC(=O)NCC(C)C)cc2)C1. The molecule has 1 aliphatic rings. The zero-order valence-corrected chi connectivity index (χ0v) is 18.5. The normalized spacial score (nSPS) is 17.2. The first kappa shape index (κ1) is 23.5. The fraction of sp³-hybridized carbons (Fsp3) is 0.591. The standard InChI is InChI=1S/C22H35N5O3/c1-5-16(4)24-20(28)17-7-6-12-27(14-17)22(30)26-19-10-8-18(9-11-19)25-21(29)23-13-15(2)3/h8-11,15-17H,5-7,12-14H2,1-4H3,(H,24,28)(H,26,30)(H2,23,25,29)/t16-,17+/m1/s1. The average molecular weight is 418 g/mol. The van der Waals surface area contributed by atoms with Gasteiger partial charge in [0.1, 0.15) is 0 Å². The summed E-state index contributed by atoms with van der Waals surface area (Å²) in [4.78, 5) is 38.5. The van der Waals surface area contributed by atoms with E-state index in [1.165, 1.54) is 0 Å². The minimum absolute atomic E-state index is 0.0213. The van der Waals surface area contributed by atoms with Gasteiger partial charge in [-0.05, 0) is 56.4 Å². The Morgan fingerprint density at radius 3 is 2.30 bits per heavy atom. The third-order valence-corrected chi connectivity index (χ3v) is 5.15. The van der Waals surface area contributed by atoms with Crippen molar-refractivity contribution in [3.8, 4) is 0 Å². The Hall–Kier alpha value is -2.77. The van der Waals surface area contributed by atoms with Crippen molar-refractivity contribution >= 4 is 29.3 Å². The van der Waals surface area contributed by atoms with Crippen LogP contribution in [-0.2, 0) is 4.79 Å². The highest BCUT2D eigenvalue weighted by Gasteiger charge is 2.28. The molecule has 2 rings (SSSR count). The van der Waals surface area contributed by atoms with Gasteiger partial charge in [-0.3, -0.25) is 4.79 Å². The molecule has 1 aromatic carbocycles. The predicted molar refractivity (Wildman–Crippen MR) is 120 cm³/mol. The van der Waals surface area contributed by atoms with E-state index >= 15 is 0 Å². The Morgan fingerprint density at radius 2 is 1.70 bits per heavy atom. The van der Waals surface area contributed by atoms with E-state index in [0.29, 0.717) is 36.9 Å².